The van der Waals surface area contributed by atoms with Gasteiger partial charge in [-0.1, -0.05) is 13.8 Å². The summed E-state index contributed by atoms with van der Waals surface area (Å²) in [6.07, 6.45) is 2.36. The van der Waals surface area contributed by atoms with Crippen molar-refractivity contribution in [3.05, 3.63) is 23.4 Å². The number of nitrogens with two attached hydrogens (primary N) is 1. The Labute approximate surface area is 122 Å². The van der Waals surface area contributed by atoms with Crippen molar-refractivity contribution >= 4 is 5.82 Å². The summed E-state index contributed by atoms with van der Waals surface area (Å²) in [6.45, 7) is 7.93. The normalized spacial score (nSPS) is 16.9. The second-order valence-electron chi connectivity index (χ2n) is 6.00. The highest BCUT2D eigenvalue weighted by Gasteiger charge is 2.20. The molecule has 2 rings (SSSR count). The Morgan fingerprint density at radius 1 is 1.35 bits per heavy atom. The predicted octanol–water partition coefficient (Wildman–Crippen LogP) is 2.53. The van der Waals surface area contributed by atoms with Gasteiger partial charge in [0.25, 0.3) is 0 Å². The van der Waals surface area contributed by atoms with Crippen molar-refractivity contribution in [2.45, 2.75) is 39.2 Å². The van der Waals surface area contributed by atoms with Crippen LogP contribution < -0.4 is 10.6 Å². The third-order valence-corrected chi connectivity index (χ3v) is 4.06. The van der Waals surface area contributed by atoms with Gasteiger partial charge < -0.3 is 15.4 Å². The van der Waals surface area contributed by atoms with E-state index in [4.69, 9.17) is 15.5 Å². The van der Waals surface area contributed by atoms with Crippen molar-refractivity contribution in [1.29, 1.82) is 0 Å². The smallest absolute Gasteiger partial charge is 0.129 e. The maximum atomic E-state index is 5.82. The molecule has 0 bridgehead atoms. The van der Waals surface area contributed by atoms with Crippen LogP contribution in [-0.4, -0.2) is 31.8 Å². The fourth-order valence-corrected chi connectivity index (χ4v) is 2.73. The predicted molar refractivity (Wildman–Crippen MR) is 83.0 cm³/mol. The van der Waals surface area contributed by atoms with E-state index in [2.05, 4.69) is 30.9 Å². The van der Waals surface area contributed by atoms with Crippen LogP contribution in [0.5, 0.6) is 0 Å². The van der Waals surface area contributed by atoms with Gasteiger partial charge in [-0.2, -0.15) is 0 Å². The molecule has 1 fully saturated rings. The molecule has 0 aromatic carbocycles. The van der Waals surface area contributed by atoms with Gasteiger partial charge in [0.05, 0.1) is 0 Å². The Hall–Kier alpha value is -1.13. The van der Waals surface area contributed by atoms with Gasteiger partial charge in [0.1, 0.15) is 5.82 Å². The summed E-state index contributed by atoms with van der Waals surface area (Å²) in [6, 6.07) is 4.27. The molecule has 0 atom stereocenters. The molecule has 0 spiro atoms. The molecule has 1 saturated heterocycles. The molecule has 0 amide bonds. The fourth-order valence-electron chi connectivity index (χ4n) is 2.73. The monoisotopic (exact) mass is 277 g/mol. The third-order valence-electron chi connectivity index (χ3n) is 4.06. The van der Waals surface area contributed by atoms with Crippen LogP contribution in [0.2, 0.25) is 0 Å². The Kier molecular flexibility index (Phi) is 5.38. The van der Waals surface area contributed by atoms with E-state index in [0.29, 0.717) is 18.4 Å². The second-order valence-corrected chi connectivity index (χ2v) is 6.00. The topological polar surface area (TPSA) is 51.4 Å². The molecular formula is C16H27N3O. The van der Waals surface area contributed by atoms with Crippen LogP contribution in [0.3, 0.4) is 0 Å². The first-order valence-corrected chi connectivity index (χ1v) is 7.58. The van der Waals surface area contributed by atoms with Gasteiger partial charge in [0.2, 0.25) is 0 Å². The minimum atomic E-state index is 0.436. The van der Waals surface area contributed by atoms with Crippen LogP contribution >= 0.6 is 0 Å². The number of ether oxygens (including phenoxy) is 1. The molecule has 2 heterocycles. The fraction of sp³-hybridized carbons (Fsp3) is 0.688. The number of pyridine rings is 1. The first-order valence-electron chi connectivity index (χ1n) is 7.58. The van der Waals surface area contributed by atoms with Gasteiger partial charge in [-0.05, 0) is 42.4 Å². The van der Waals surface area contributed by atoms with Crippen LogP contribution in [0.1, 0.15) is 43.9 Å². The average Bonchev–Trinajstić information content (AvgIpc) is 2.47. The molecule has 1 aliphatic rings. The summed E-state index contributed by atoms with van der Waals surface area (Å²) in [5.74, 6) is 2.22. The van der Waals surface area contributed by atoms with E-state index in [1.165, 1.54) is 18.4 Å². The molecule has 4 nitrogen and oxygen atoms in total. The van der Waals surface area contributed by atoms with Gasteiger partial charge in [0.15, 0.2) is 0 Å². The number of aromatic nitrogens is 1. The van der Waals surface area contributed by atoms with Crippen molar-refractivity contribution in [2.24, 2.45) is 11.7 Å². The number of nitrogens with zero attached hydrogens (tertiary/aromatic N) is 2. The van der Waals surface area contributed by atoms with E-state index >= 15 is 0 Å². The number of hydrogen-bond donors (Lipinski definition) is 1. The van der Waals surface area contributed by atoms with E-state index in [1.807, 2.05) is 0 Å². The lowest BCUT2D eigenvalue weighted by atomic mass is 9.97. The summed E-state index contributed by atoms with van der Waals surface area (Å²) in [4.78, 5) is 7.20. The van der Waals surface area contributed by atoms with Crippen LogP contribution in [0.4, 0.5) is 5.82 Å². The van der Waals surface area contributed by atoms with E-state index in [1.54, 1.807) is 7.11 Å². The lowest BCUT2D eigenvalue weighted by Gasteiger charge is -2.33. The number of rotatable bonds is 5. The highest BCUT2D eigenvalue weighted by atomic mass is 16.5. The highest BCUT2D eigenvalue weighted by Crippen LogP contribution is 2.25. The standard InChI is InChI=1S/C16H27N3O/c1-12(2)15-8-14(10-17)9-16(18-15)19-6-4-13(5-7-19)11-20-3/h8-9,12-13H,4-7,10-11,17H2,1-3H3. The minimum absolute atomic E-state index is 0.436. The summed E-state index contributed by atoms with van der Waals surface area (Å²) < 4.78 is 5.26. The molecule has 20 heavy (non-hydrogen) atoms. The molecule has 4 heteroatoms. The molecule has 1 aromatic rings. The van der Waals surface area contributed by atoms with Crippen molar-refractivity contribution < 1.29 is 4.74 Å². The molecular weight excluding hydrogens is 250 g/mol. The first kappa shape index (κ1) is 15.3. The number of methoxy groups -OCH3 is 1. The van der Waals surface area contributed by atoms with Gasteiger partial charge >= 0.3 is 0 Å². The maximum Gasteiger partial charge on any atom is 0.129 e. The van der Waals surface area contributed by atoms with Crippen LogP contribution in [0.15, 0.2) is 12.1 Å². The van der Waals surface area contributed by atoms with E-state index < -0.39 is 0 Å². The van der Waals surface area contributed by atoms with Gasteiger partial charge in [0, 0.05) is 39.0 Å². The van der Waals surface area contributed by atoms with Gasteiger partial charge in [-0.25, -0.2) is 4.98 Å². The summed E-state index contributed by atoms with van der Waals surface area (Å²) in [5, 5.41) is 0. The quantitative estimate of drug-likeness (QED) is 0.898. The number of hydrogen-bond acceptors (Lipinski definition) is 4. The van der Waals surface area contributed by atoms with Crippen molar-refractivity contribution in [1.82, 2.24) is 4.98 Å². The Morgan fingerprint density at radius 3 is 2.60 bits per heavy atom. The molecule has 0 aliphatic carbocycles. The summed E-state index contributed by atoms with van der Waals surface area (Å²) in [5.41, 5.74) is 8.14. The van der Waals surface area contributed by atoms with Crippen LogP contribution in [0.25, 0.3) is 0 Å². The zero-order valence-corrected chi connectivity index (χ0v) is 12.9. The molecule has 0 unspecified atom stereocenters. The second kappa shape index (κ2) is 7.04. The van der Waals surface area contributed by atoms with Crippen LogP contribution in [-0.2, 0) is 11.3 Å². The highest BCUT2D eigenvalue weighted by molar-refractivity contribution is 5.43. The molecule has 1 aromatic heterocycles. The maximum absolute atomic E-state index is 5.82. The Balaban J connectivity index is 2.10. The average molecular weight is 277 g/mol. The van der Waals surface area contributed by atoms with Gasteiger partial charge in [-0.15, -0.1) is 0 Å². The number of anilines is 1. The third kappa shape index (κ3) is 3.70. The summed E-state index contributed by atoms with van der Waals surface area (Å²) >= 11 is 0. The van der Waals surface area contributed by atoms with E-state index in [-0.39, 0.29) is 0 Å². The van der Waals surface area contributed by atoms with Crippen LogP contribution in [0, 0.1) is 5.92 Å². The largest absolute Gasteiger partial charge is 0.384 e. The Morgan fingerprint density at radius 2 is 2.05 bits per heavy atom. The van der Waals surface area contributed by atoms with Crippen molar-refractivity contribution in [2.75, 3.05) is 31.7 Å². The van der Waals surface area contributed by atoms with Crippen molar-refractivity contribution in [3.63, 3.8) is 0 Å². The van der Waals surface area contributed by atoms with Gasteiger partial charge in [-0.3, -0.25) is 0 Å². The molecule has 2 N–H and O–H groups in total. The van der Waals surface area contributed by atoms with E-state index in [9.17, 15) is 0 Å². The van der Waals surface area contributed by atoms with E-state index in [0.717, 1.165) is 31.2 Å². The molecule has 112 valence electrons. The molecule has 1 aliphatic heterocycles. The molecule has 0 radical (unpaired) electrons. The SMILES string of the molecule is COCC1CCN(c2cc(CN)cc(C(C)C)n2)CC1. The zero-order valence-electron chi connectivity index (χ0n) is 12.9. The lowest BCUT2D eigenvalue weighted by Crippen LogP contribution is -2.35. The van der Waals surface area contributed by atoms with Crippen molar-refractivity contribution in [3.8, 4) is 0 Å². The zero-order chi connectivity index (χ0) is 14.5. The number of piperidine rings is 1. The first-order chi connectivity index (χ1) is 9.63. The minimum Gasteiger partial charge on any atom is -0.384 e. The summed E-state index contributed by atoms with van der Waals surface area (Å²) in [7, 11) is 1.79. The molecule has 0 saturated carbocycles. The lowest BCUT2D eigenvalue weighted by molar-refractivity contribution is 0.139. The Bertz CT molecular complexity index is 426.